The van der Waals surface area contributed by atoms with Crippen molar-refractivity contribution in [3.8, 4) is 5.75 Å². The zero-order valence-electron chi connectivity index (χ0n) is 17.8. The fourth-order valence-electron chi connectivity index (χ4n) is 4.14. The summed E-state index contributed by atoms with van der Waals surface area (Å²) in [5.41, 5.74) is 2.53. The van der Waals surface area contributed by atoms with Crippen molar-refractivity contribution in [3.63, 3.8) is 0 Å². The van der Waals surface area contributed by atoms with Crippen molar-refractivity contribution in [1.82, 2.24) is 14.7 Å². The lowest BCUT2D eigenvalue weighted by Gasteiger charge is -2.35. The Hall–Kier alpha value is -3.19. The van der Waals surface area contributed by atoms with Crippen LogP contribution >= 0.6 is 0 Å². The molecule has 0 N–H and O–H groups in total. The van der Waals surface area contributed by atoms with E-state index in [1.807, 2.05) is 23.1 Å². The number of hydrogen-bond donors (Lipinski definition) is 0. The Morgan fingerprint density at radius 1 is 0.968 bits per heavy atom. The molecule has 0 unspecified atom stereocenters. The number of imide groups is 1. The van der Waals surface area contributed by atoms with E-state index in [-0.39, 0.29) is 37.1 Å². The van der Waals surface area contributed by atoms with Crippen LogP contribution in [0.5, 0.6) is 5.75 Å². The lowest BCUT2D eigenvalue weighted by Crippen LogP contribution is -2.49. The number of ether oxygens (including phenoxy) is 1. The van der Waals surface area contributed by atoms with Crippen molar-refractivity contribution in [1.29, 1.82) is 0 Å². The normalized spacial score (nSPS) is 16.9. The van der Waals surface area contributed by atoms with Gasteiger partial charge < -0.3 is 9.64 Å². The Morgan fingerprint density at radius 3 is 2.39 bits per heavy atom. The fourth-order valence-corrected chi connectivity index (χ4v) is 4.14. The Balaban J connectivity index is 1.25. The van der Waals surface area contributed by atoms with E-state index in [0.717, 1.165) is 30.9 Å². The van der Waals surface area contributed by atoms with Gasteiger partial charge in [-0.2, -0.15) is 0 Å². The van der Waals surface area contributed by atoms with E-state index >= 15 is 0 Å². The van der Waals surface area contributed by atoms with Gasteiger partial charge in [-0.1, -0.05) is 30.3 Å². The Labute approximate surface area is 182 Å². The van der Waals surface area contributed by atoms with Crippen molar-refractivity contribution in [3.05, 3.63) is 65.2 Å². The Bertz CT molecular complexity index is 965. The maximum Gasteiger partial charge on any atom is 0.260 e. The van der Waals surface area contributed by atoms with Gasteiger partial charge in [0.15, 0.2) is 0 Å². The van der Waals surface area contributed by atoms with Crippen LogP contribution in [0.2, 0.25) is 0 Å². The van der Waals surface area contributed by atoms with Crippen LogP contribution in [0, 0.1) is 0 Å². The molecule has 2 aromatic rings. The van der Waals surface area contributed by atoms with Crippen LogP contribution in [0.4, 0.5) is 0 Å². The molecule has 0 aliphatic carbocycles. The van der Waals surface area contributed by atoms with Crippen LogP contribution in [-0.2, 0) is 22.6 Å². The number of methoxy groups -OCH3 is 1. The van der Waals surface area contributed by atoms with Crippen LogP contribution in [0.15, 0.2) is 48.5 Å². The number of rotatable bonds is 6. The molecule has 7 nitrogen and oxygen atoms in total. The quantitative estimate of drug-likeness (QED) is 0.667. The third-order valence-electron chi connectivity index (χ3n) is 5.98. The van der Waals surface area contributed by atoms with Crippen molar-refractivity contribution in [2.45, 2.75) is 19.4 Å². The molecule has 0 radical (unpaired) electrons. The lowest BCUT2D eigenvalue weighted by atomic mass is 9.98. The summed E-state index contributed by atoms with van der Waals surface area (Å²) in [6, 6.07) is 15.2. The van der Waals surface area contributed by atoms with Gasteiger partial charge in [0.1, 0.15) is 5.75 Å². The van der Waals surface area contributed by atoms with E-state index in [4.69, 9.17) is 4.74 Å². The summed E-state index contributed by atoms with van der Waals surface area (Å²) < 4.78 is 5.19. The summed E-state index contributed by atoms with van der Waals surface area (Å²) >= 11 is 0. The lowest BCUT2D eigenvalue weighted by molar-refractivity contribution is -0.134. The molecule has 1 fully saturated rings. The highest BCUT2D eigenvalue weighted by Gasteiger charge is 2.31. The summed E-state index contributed by atoms with van der Waals surface area (Å²) in [5, 5.41) is 0. The molecule has 2 heterocycles. The molecule has 0 bridgehead atoms. The largest absolute Gasteiger partial charge is 0.497 e. The molecular formula is C24H27N3O4. The van der Waals surface area contributed by atoms with E-state index in [1.165, 1.54) is 10.5 Å². The summed E-state index contributed by atoms with van der Waals surface area (Å²) in [6.07, 6.45) is 0.373. The van der Waals surface area contributed by atoms with Gasteiger partial charge in [0.2, 0.25) is 11.8 Å². The van der Waals surface area contributed by atoms with E-state index in [1.54, 1.807) is 25.3 Å². The minimum atomic E-state index is -0.302. The number of amides is 3. The first-order valence-corrected chi connectivity index (χ1v) is 10.6. The maximum atomic E-state index is 12.7. The highest BCUT2D eigenvalue weighted by molar-refractivity contribution is 6.09. The Morgan fingerprint density at radius 2 is 1.68 bits per heavy atom. The zero-order chi connectivity index (χ0) is 21.8. The van der Waals surface area contributed by atoms with Gasteiger partial charge in [0.25, 0.3) is 5.91 Å². The third kappa shape index (κ3) is 4.77. The summed E-state index contributed by atoms with van der Waals surface area (Å²) in [4.78, 5) is 43.1. The standard InChI is InChI=1S/C24H27N3O4/c1-31-20-8-6-18(7-9-20)17-25-12-14-26(15-13-25)22(28)10-11-27-23(29)16-19-4-2-3-5-21(19)24(27)30/h2-9H,10-17H2,1H3. The molecule has 4 rings (SSSR count). The summed E-state index contributed by atoms with van der Waals surface area (Å²) in [7, 11) is 1.65. The number of hydrogen-bond acceptors (Lipinski definition) is 5. The molecule has 3 amide bonds. The number of carbonyl (C=O) groups excluding carboxylic acids is 3. The molecule has 0 aromatic heterocycles. The predicted octanol–water partition coefficient (Wildman–Crippen LogP) is 1.95. The molecule has 2 aliphatic rings. The number of benzene rings is 2. The molecule has 162 valence electrons. The number of piperazine rings is 1. The molecule has 0 saturated carbocycles. The van der Waals surface area contributed by atoms with Gasteiger partial charge in [-0.15, -0.1) is 0 Å². The highest BCUT2D eigenvalue weighted by Crippen LogP contribution is 2.20. The second-order valence-corrected chi connectivity index (χ2v) is 7.94. The first-order valence-electron chi connectivity index (χ1n) is 10.6. The third-order valence-corrected chi connectivity index (χ3v) is 5.98. The zero-order valence-corrected chi connectivity index (χ0v) is 17.8. The van der Waals surface area contributed by atoms with E-state index < -0.39 is 0 Å². The average Bonchev–Trinajstić information content (AvgIpc) is 2.80. The van der Waals surface area contributed by atoms with Gasteiger partial charge in [-0.05, 0) is 29.3 Å². The van der Waals surface area contributed by atoms with Crippen molar-refractivity contribution < 1.29 is 19.1 Å². The maximum absolute atomic E-state index is 12.7. The van der Waals surface area contributed by atoms with Gasteiger partial charge in [-0.3, -0.25) is 24.2 Å². The van der Waals surface area contributed by atoms with E-state index in [9.17, 15) is 14.4 Å². The number of carbonyl (C=O) groups is 3. The van der Waals surface area contributed by atoms with Gasteiger partial charge in [0.05, 0.1) is 13.5 Å². The summed E-state index contributed by atoms with van der Waals surface area (Å²) in [6.45, 7) is 3.87. The molecule has 0 spiro atoms. The molecule has 1 saturated heterocycles. The second-order valence-electron chi connectivity index (χ2n) is 7.94. The highest BCUT2D eigenvalue weighted by atomic mass is 16.5. The number of nitrogens with zero attached hydrogens (tertiary/aromatic N) is 3. The van der Waals surface area contributed by atoms with E-state index in [0.29, 0.717) is 18.7 Å². The van der Waals surface area contributed by atoms with E-state index in [2.05, 4.69) is 17.0 Å². The molecule has 31 heavy (non-hydrogen) atoms. The van der Waals surface area contributed by atoms with Crippen molar-refractivity contribution in [2.24, 2.45) is 0 Å². The van der Waals surface area contributed by atoms with Crippen molar-refractivity contribution >= 4 is 17.7 Å². The average molecular weight is 421 g/mol. The molecule has 2 aliphatic heterocycles. The molecule has 7 heteroatoms. The van der Waals surface area contributed by atoms with Crippen LogP contribution in [-0.4, -0.2) is 72.3 Å². The minimum Gasteiger partial charge on any atom is -0.497 e. The first kappa shape index (κ1) is 21.1. The molecule has 2 aromatic carbocycles. The Kier molecular flexibility index (Phi) is 6.32. The minimum absolute atomic E-state index is 0.0106. The van der Waals surface area contributed by atoms with Crippen LogP contribution in [0.3, 0.4) is 0 Å². The molecular weight excluding hydrogens is 394 g/mol. The second kappa shape index (κ2) is 9.31. The van der Waals surface area contributed by atoms with Crippen LogP contribution in [0.25, 0.3) is 0 Å². The SMILES string of the molecule is COc1ccc(CN2CCN(C(=O)CCN3C(=O)Cc4ccccc4C3=O)CC2)cc1. The first-order chi connectivity index (χ1) is 15.0. The van der Waals surface area contributed by atoms with Crippen molar-refractivity contribution in [2.75, 3.05) is 39.8 Å². The molecule has 0 atom stereocenters. The van der Waals surface area contributed by atoms with Gasteiger partial charge in [0, 0.05) is 51.3 Å². The monoisotopic (exact) mass is 421 g/mol. The van der Waals surface area contributed by atoms with Gasteiger partial charge in [-0.25, -0.2) is 0 Å². The van der Waals surface area contributed by atoms with Crippen LogP contribution < -0.4 is 4.74 Å². The van der Waals surface area contributed by atoms with Gasteiger partial charge >= 0.3 is 0 Å². The topological polar surface area (TPSA) is 70.2 Å². The fraction of sp³-hybridized carbons (Fsp3) is 0.375. The summed E-state index contributed by atoms with van der Waals surface area (Å²) in [5.74, 6) is 0.293. The smallest absolute Gasteiger partial charge is 0.260 e. The number of fused-ring (bicyclic) bond motifs is 1. The predicted molar refractivity (Wildman–Crippen MR) is 116 cm³/mol. The van der Waals surface area contributed by atoms with Crippen LogP contribution in [0.1, 0.15) is 27.9 Å².